The van der Waals surface area contributed by atoms with Crippen molar-refractivity contribution in [2.24, 2.45) is 0 Å². The summed E-state index contributed by atoms with van der Waals surface area (Å²) in [6, 6.07) is 2.17. The summed E-state index contributed by atoms with van der Waals surface area (Å²) in [5.41, 5.74) is 1.42. The zero-order valence-electron chi connectivity index (χ0n) is 7.47. The largest absolute Gasteiger partial charge is 0.152 e. The first-order valence-electron chi connectivity index (χ1n) is 4.40. The predicted molar refractivity (Wildman–Crippen MR) is 55.3 cm³/mol. The lowest BCUT2D eigenvalue weighted by molar-refractivity contribution is 0.974. The van der Waals surface area contributed by atoms with Gasteiger partial charge in [-0.1, -0.05) is 6.92 Å². The van der Waals surface area contributed by atoms with Gasteiger partial charge in [0.25, 0.3) is 0 Å². The van der Waals surface area contributed by atoms with E-state index >= 15 is 0 Å². The minimum atomic E-state index is 1.01. The maximum Gasteiger partial charge on any atom is 0.0129 e. The maximum absolute atomic E-state index is 3.18. The summed E-state index contributed by atoms with van der Waals surface area (Å²) in [7, 11) is 0. The first-order valence-corrected chi connectivity index (χ1v) is 5.34. The molecule has 0 aromatic carbocycles. The van der Waals surface area contributed by atoms with E-state index in [1.54, 1.807) is 11.3 Å². The maximum atomic E-state index is 3.18. The van der Waals surface area contributed by atoms with Gasteiger partial charge in [-0.15, -0.1) is 11.8 Å². The molecule has 1 aromatic heterocycles. The fraction of sp³-hybridized carbons (Fsp3) is 0.455. The Labute approximate surface area is 78.6 Å². The Morgan fingerprint density at radius 3 is 2.83 bits per heavy atom. The highest BCUT2D eigenvalue weighted by molar-refractivity contribution is 7.07. The first kappa shape index (κ1) is 9.35. The van der Waals surface area contributed by atoms with E-state index in [1.807, 2.05) is 0 Å². The van der Waals surface area contributed by atoms with E-state index in [1.165, 1.54) is 12.0 Å². The third-order valence-corrected chi connectivity index (χ3v) is 2.35. The number of rotatable bonds is 3. The number of aryl methyl sites for hydroxylation is 1. The predicted octanol–water partition coefficient (Wildman–Crippen LogP) is 3.48. The van der Waals surface area contributed by atoms with Gasteiger partial charge in [0.2, 0.25) is 0 Å². The van der Waals surface area contributed by atoms with Crippen LogP contribution < -0.4 is 0 Å². The highest BCUT2D eigenvalue weighted by atomic mass is 32.1. The summed E-state index contributed by atoms with van der Waals surface area (Å²) < 4.78 is 0. The van der Waals surface area contributed by atoms with E-state index in [9.17, 15) is 0 Å². The van der Waals surface area contributed by atoms with Crippen LogP contribution in [-0.2, 0) is 6.42 Å². The van der Waals surface area contributed by atoms with Gasteiger partial charge in [0.15, 0.2) is 0 Å². The van der Waals surface area contributed by atoms with Gasteiger partial charge in [-0.05, 0) is 35.2 Å². The molecule has 0 atom stereocenters. The molecule has 12 heavy (non-hydrogen) atoms. The SMILES string of the molecule is CCCC#CCCc1ccsc1. The minimum absolute atomic E-state index is 1.01. The van der Waals surface area contributed by atoms with Gasteiger partial charge < -0.3 is 0 Å². The van der Waals surface area contributed by atoms with E-state index in [2.05, 4.69) is 35.6 Å². The van der Waals surface area contributed by atoms with Crippen molar-refractivity contribution in [3.05, 3.63) is 22.4 Å². The van der Waals surface area contributed by atoms with E-state index in [4.69, 9.17) is 0 Å². The van der Waals surface area contributed by atoms with Crippen molar-refractivity contribution >= 4 is 11.3 Å². The highest BCUT2D eigenvalue weighted by Crippen LogP contribution is 2.07. The van der Waals surface area contributed by atoms with Crippen LogP contribution in [0.5, 0.6) is 0 Å². The summed E-state index contributed by atoms with van der Waals surface area (Å²) in [5, 5.41) is 4.32. The fourth-order valence-corrected chi connectivity index (χ4v) is 1.65. The standard InChI is InChI=1S/C11H14S/c1-2-3-4-5-6-7-11-8-9-12-10-11/h8-10H,2-3,6-7H2,1H3. The van der Waals surface area contributed by atoms with Gasteiger partial charge in [-0.25, -0.2) is 0 Å². The average Bonchev–Trinajstić information content (AvgIpc) is 2.57. The van der Waals surface area contributed by atoms with Crippen LogP contribution in [0.15, 0.2) is 16.8 Å². The van der Waals surface area contributed by atoms with Gasteiger partial charge in [0.05, 0.1) is 0 Å². The minimum Gasteiger partial charge on any atom is -0.152 e. The van der Waals surface area contributed by atoms with Crippen LogP contribution in [0.4, 0.5) is 0 Å². The Morgan fingerprint density at radius 2 is 2.17 bits per heavy atom. The lowest BCUT2D eigenvalue weighted by atomic mass is 10.2. The Kier molecular flexibility index (Phi) is 4.56. The summed E-state index contributed by atoms with van der Waals surface area (Å²) in [6.45, 7) is 2.16. The second-order valence-corrected chi connectivity index (χ2v) is 3.52. The number of unbranched alkanes of at least 4 members (excludes halogenated alkanes) is 1. The molecule has 0 aliphatic rings. The van der Waals surface area contributed by atoms with Crippen LogP contribution in [0.3, 0.4) is 0 Å². The van der Waals surface area contributed by atoms with Crippen LogP contribution in [0.1, 0.15) is 31.7 Å². The van der Waals surface area contributed by atoms with Crippen LogP contribution in [0.2, 0.25) is 0 Å². The molecule has 1 heteroatoms. The van der Waals surface area contributed by atoms with Crippen molar-refractivity contribution in [1.29, 1.82) is 0 Å². The zero-order chi connectivity index (χ0) is 8.65. The molecule has 64 valence electrons. The third kappa shape index (κ3) is 3.59. The Bertz CT molecular complexity index is 248. The van der Waals surface area contributed by atoms with Gasteiger partial charge in [0.1, 0.15) is 0 Å². The van der Waals surface area contributed by atoms with E-state index < -0.39 is 0 Å². The molecule has 0 unspecified atom stereocenters. The van der Waals surface area contributed by atoms with Crippen molar-refractivity contribution in [3.8, 4) is 11.8 Å². The summed E-state index contributed by atoms with van der Waals surface area (Å²) in [6.07, 6.45) is 4.34. The van der Waals surface area contributed by atoms with Crippen molar-refractivity contribution < 1.29 is 0 Å². The van der Waals surface area contributed by atoms with E-state index in [0.29, 0.717) is 0 Å². The fourth-order valence-electron chi connectivity index (χ4n) is 0.944. The molecule has 1 rings (SSSR count). The molecule has 0 aliphatic carbocycles. The molecule has 0 fully saturated rings. The average molecular weight is 178 g/mol. The quantitative estimate of drug-likeness (QED) is 0.622. The topological polar surface area (TPSA) is 0 Å². The van der Waals surface area contributed by atoms with Crippen LogP contribution in [-0.4, -0.2) is 0 Å². The monoisotopic (exact) mass is 178 g/mol. The summed E-state index contributed by atoms with van der Waals surface area (Å²) in [4.78, 5) is 0. The molecule has 0 nitrogen and oxygen atoms in total. The van der Waals surface area contributed by atoms with Gasteiger partial charge in [-0.3, -0.25) is 0 Å². The van der Waals surface area contributed by atoms with Gasteiger partial charge in [0, 0.05) is 12.8 Å². The molecular weight excluding hydrogens is 164 g/mol. The van der Waals surface area contributed by atoms with Crippen LogP contribution in [0.25, 0.3) is 0 Å². The molecule has 0 radical (unpaired) electrons. The van der Waals surface area contributed by atoms with Gasteiger partial charge >= 0.3 is 0 Å². The molecule has 1 aromatic rings. The number of thiophene rings is 1. The molecule has 0 aliphatic heterocycles. The van der Waals surface area contributed by atoms with Crippen molar-refractivity contribution in [2.75, 3.05) is 0 Å². The second-order valence-electron chi connectivity index (χ2n) is 2.74. The molecule has 0 N–H and O–H groups in total. The molecular formula is C11H14S. The molecule has 0 saturated carbocycles. The second kappa shape index (κ2) is 5.85. The van der Waals surface area contributed by atoms with Crippen LogP contribution >= 0.6 is 11.3 Å². The van der Waals surface area contributed by atoms with E-state index in [0.717, 1.165) is 19.3 Å². The lowest BCUT2D eigenvalue weighted by Gasteiger charge is -1.87. The normalized spacial score (nSPS) is 9.08. The lowest BCUT2D eigenvalue weighted by Crippen LogP contribution is -1.77. The molecule has 1 heterocycles. The smallest absolute Gasteiger partial charge is 0.0129 e. The Balaban J connectivity index is 2.16. The third-order valence-electron chi connectivity index (χ3n) is 1.62. The zero-order valence-corrected chi connectivity index (χ0v) is 8.29. The molecule has 0 bridgehead atoms. The first-order chi connectivity index (χ1) is 5.93. The van der Waals surface area contributed by atoms with Gasteiger partial charge in [-0.2, -0.15) is 11.3 Å². The highest BCUT2D eigenvalue weighted by Gasteiger charge is 1.88. The van der Waals surface area contributed by atoms with Crippen molar-refractivity contribution in [1.82, 2.24) is 0 Å². The number of hydrogen-bond donors (Lipinski definition) is 0. The molecule has 0 saturated heterocycles. The van der Waals surface area contributed by atoms with Crippen LogP contribution in [0, 0.1) is 11.8 Å². The van der Waals surface area contributed by atoms with E-state index in [-0.39, 0.29) is 0 Å². The molecule has 0 amide bonds. The Morgan fingerprint density at radius 1 is 1.33 bits per heavy atom. The number of hydrogen-bond acceptors (Lipinski definition) is 1. The van der Waals surface area contributed by atoms with Crippen molar-refractivity contribution in [2.45, 2.75) is 32.6 Å². The molecule has 0 spiro atoms. The Hall–Kier alpha value is -0.740. The summed E-state index contributed by atoms with van der Waals surface area (Å²) in [5.74, 6) is 6.33. The summed E-state index contributed by atoms with van der Waals surface area (Å²) >= 11 is 1.76. The van der Waals surface area contributed by atoms with Crippen molar-refractivity contribution in [3.63, 3.8) is 0 Å².